The van der Waals surface area contributed by atoms with Gasteiger partial charge in [-0.15, -0.1) is 11.3 Å². The van der Waals surface area contributed by atoms with E-state index >= 15 is 0 Å². The molecule has 26 heavy (non-hydrogen) atoms. The predicted octanol–water partition coefficient (Wildman–Crippen LogP) is 3.22. The number of thiophene rings is 1. The molecule has 1 aliphatic heterocycles. The van der Waals surface area contributed by atoms with Crippen LogP contribution in [0.1, 0.15) is 41.9 Å². The molecule has 0 saturated carbocycles. The molecule has 2 amide bonds. The first-order chi connectivity index (χ1) is 12.5. The third-order valence-electron chi connectivity index (χ3n) is 4.81. The summed E-state index contributed by atoms with van der Waals surface area (Å²) in [5.41, 5.74) is 1.06. The number of rotatable bonds is 6. The molecule has 1 aliphatic rings. The summed E-state index contributed by atoms with van der Waals surface area (Å²) in [6.07, 6.45) is 2.71. The second kappa shape index (κ2) is 8.18. The molecule has 1 aromatic heterocycles. The summed E-state index contributed by atoms with van der Waals surface area (Å²) in [5, 5.41) is 3.86. The van der Waals surface area contributed by atoms with Gasteiger partial charge in [0.2, 0.25) is 5.91 Å². The predicted molar refractivity (Wildman–Crippen MR) is 105 cm³/mol. The SMILES string of the molecule is CNC(=O)c1sc2ccccc2c1CC1CCCN1C(=O)COC(C)C. The first-order valence-electron chi connectivity index (χ1n) is 9.14. The molecule has 1 atom stereocenters. The molecule has 0 radical (unpaired) electrons. The van der Waals surface area contributed by atoms with Crippen LogP contribution in [0.3, 0.4) is 0 Å². The van der Waals surface area contributed by atoms with Gasteiger partial charge < -0.3 is 15.0 Å². The minimum Gasteiger partial charge on any atom is -0.369 e. The molecule has 1 fully saturated rings. The molecule has 1 aromatic carbocycles. The topological polar surface area (TPSA) is 58.6 Å². The number of carbonyl (C=O) groups excluding carboxylic acids is 2. The van der Waals surface area contributed by atoms with Crippen LogP contribution in [0.4, 0.5) is 0 Å². The number of nitrogens with one attached hydrogen (secondary N) is 1. The normalized spacial score (nSPS) is 17.2. The third kappa shape index (κ3) is 3.91. The van der Waals surface area contributed by atoms with Gasteiger partial charge in [0.05, 0.1) is 11.0 Å². The van der Waals surface area contributed by atoms with Gasteiger partial charge in [-0.25, -0.2) is 0 Å². The van der Waals surface area contributed by atoms with Crippen molar-refractivity contribution in [3.63, 3.8) is 0 Å². The molecule has 140 valence electrons. The van der Waals surface area contributed by atoms with E-state index in [2.05, 4.69) is 11.4 Å². The monoisotopic (exact) mass is 374 g/mol. The number of amides is 2. The summed E-state index contributed by atoms with van der Waals surface area (Å²) < 4.78 is 6.61. The standard InChI is InChI=1S/C20H26N2O3S/c1-13(2)25-12-18(23)22-10-6-7-14(22)11-16-15-8-4-5-9-17(15)26-19(16)20(24)21-3/h4-5,8-9,13-14H,6-7,10-12H2,1-3H3,(H,21,24). The number of carbonyl (C=O) groups is 2. The molecule has 0 bridgehead atoms. The van der Waals surface area contributed by atoms with Crippen LogP contribution in [0, 0.1) is 0 Å². The van der Waals surface area contributed by atoms with Crippen molar-refractivity contribution < 1.29 is 14.3 Å². The zero-order valence-corrected chi connectivity index (χ0v) is 16.4. The lowest BCUT2D eigenvalue weighted by Crippen LogP contribution is -2.39. The largest absolute Gasteiger partial charge is 0.369 e. The van der Waals surface area contributed by atoms with Crippen molar-refractivity contribution in [2.75, 3.05) is 20.2 Å². The van der Waals surface area contributed by atoms with E-state index in [0.717, 1.165) is 39.9 Å². The number of hydrogen-bond donors (Lipinski definition) is 1. The lowest BCUT2D eigenvalue weighted by atomic mass is 10.0. The molecule has 3 rings (SSSR count). The van der Waals surface area contributed by atoms with Crippen molar-refractivity contribution >= 4 is 33.2 Å². The van der Waals surface area contributed by atoms with E-state index in [0.29, 0.717) is 6.42 Å². The van der Waals surface area contributed by atoms with Gasteiger partial charge in [-0.3, -0.25) is 9.59 Å². The summed E-state index contributed by atoms with van der Waals surface area (Å²) in [7, 11) is 1.66. The van der Waals surface area contributed by atoms with E-state index in [9.17, 15) is 9.59 Å². The fourth-order valence-corrected chi connectivity index (χ4v) is 4.71. The molecule has 0 aliphatic carbocycles. The summed E-state index contributed by atoms with van der Waals surface area (Å²) in [4.78, 5) is 27.6. The van der Waals surface area contributed by atoms with E-state index in [-0.39, 0.29) is 30.6 Å². The molecular formula is C20H26N2O3S. The number of hydrogen-bond acceptors (Lipinski definition) is 4. The van der Waals surface area contributed by atoms with Crippen LogP contribution in [0.2, 0.25) is 0 Å². The molecule has 1 N–H and O–H groups in total. The van der Waals surface area contributed by atoms with E-state index < -0.39 is 0 Å². The maximum atomic E-state index is 12.6. The highest BCUT2D eigenvalue weighted by atomic mass is 32.1. The molecule has 1 unspecified atom stereocenters. The van der Waals surface area contributed by atoms with Crippen LogP contribution in [0.5, 0.6) is 0 Å². The van der Waals surface area contributed by atoms with Gasteiger partial charge in [0, 0.05) is 24.3 Å². The van der Waals surface area contributed by atoms with Crippen LogP contribution in [0.15, 0.2) is 24.3 Å². The van der Waals surface area contributed by atoms with Crippen LogP contribution in [-0.4, -0.2) is 49.1 Å². The molecule has 0 spiro atoms. The third-order valence-corrected chi connectivity index (χ3v) is 6.02. The highest BCUT2D eigenvalue weighted by molar-refractivity contribution is 7.21. The Hall–Kier alpha value is -1.92. The quantitative estimate of drug-likeness (QED) is 0.845. The Morgan fingerprint density at radius 3 is 2.85 bits per heavy atom. The van der Waals surface area contributed by atoms with Crippen molar-refractivity contribution in [3.05, 3.63) is 34.7 Å². The van der Waals surface area contributed by atoms with Gasteiger partial charge in [-0.1, -0.05) is 18.2 Å². The van der Waals surface area contributed by atoms with Crippen LogP contribution < -0.4 is 5.32 Å². The van der Waals surface area contributed by atoms with Gasteiger partial charge in [-0.05, 0) is 50.1 Å². The maximum Gasteiger partial charge on any atom is 0.261 e. The van der Waals surface area contributed by atoms with Crippen molar-refractivity contribution in [1.82, 2.24) is 10.2 Å². The van der Waals surface area contributed by atoms with Gasteiger partial charge in [0.15, 0.2) is 0 Å². The number of nitrogens with zero attached hydrogens (tertiary/aromatic N) is 1. The molecule has 5 nitrogen and oxygen atoms in total. The fourth-order valence-electron chi connectivity index (χ4n) is 3.53. The zero-order chi connectivity index (χ0) is 18.7. The average Bonchev–Trinajstić information content (AvgIpc) is 3.24. The molecular weight excluding hydrogens is 348 g/mol. The van der Waals surface area contributed by atoms with E-state index in [1.54, 1.807) is 7.05 Å². The van der Waals surface area contributed by atoms with Crippen molar-refractivity contribution in [1.29, 1.82) is 0 Å². The molecule has 6 heteroatoms. The zero-order valence-electron chi connectivity index (χ0n) is 15.6. The first-order valence-corrected chi connectivity index (χ1v) is 9.96. The second-order valence-corrected chi connectivity index (χ2v) is 7.98. The van der Waals surface area contributed by atoms with Gasteiger partial charge in [-0.2, -0.15) is 0 Å². The Morgan fingerprint density at radius 2 is 2.12 bits per heavy atom. The summed E-state index contributed by atoms with van der Waals surface area (Å²) in [5.74, 6) is -0.0116. The average molecular weight is 375 g/mol. The highest BCUT2D eigenvalue weighted by Gasteiger charge is 2.31. The maximum absolute atomic E-state index is 12.6. The summed E-state index contributed by atoms with van der Waals surface area (Å²) in [6.45, 7) is 4.76. The Bertz CT molecular complexity index is 799. The molecule has 1 saturated heterocycles. The van der Waals surface area contributed by atoms with Crippen LogP contribution in [0.25, 0.3) is 10.1 Å². The van der Waals surface area contributed by atoms with E-state index in [1.165, 1.54) is 11.3 Å². The highest BCUT2D eigenvalue weighted by Crippen LogP contribution is 2.34. The lowest BCUT2D eigenvalue weighted by Gasteiger charge is -2.25. The van der Waals surface area contributed by atoms with Crippen molar-refractivity contribution in [2.45, 2.75) is 45.3 Å². The van der Waals surface area contributed by atoms with Crippen molar-refractivity contribution in [2.24, 2.45) is 0 Å². The van der Waals surface area contributed by atoms with Gasteiger partial charge in [0.25, 0.3) is 5.91 Å². The number of benzene rings is 1. The second-order valence-electron chi connectivity index (χ2n) is 6.93. The fraction of sp³-hybridized carbons (Fsp3) is 0.500. The Labute approximate surface area is 158 Å². The Balaban J connectivity index is 1.85. The van der Waals surface area contributed by atoms with E-state index in [4.69, 9.17) is 4.74 Å². The number of ether oxygens (including phenoxy) is 1. The van der Waals surface area contributed by atoms with Gasteiger partial charge in [0.1, 0.15) is 6.61 Å². The Kier molecular flexibility index (Phi) is 5.94. The number of fused-ring (bicyclic) bond motifs is 1. The minimum absolute atomic E-state index is 0.0423. The molecule has 2 heterocycles. The van der Waals surface area contributed by atoms with Gasteiger partial charge >= 0.3 is 0 Å². The number of likely N-dealkylation sites (tertiary alicyclic amines) is 1. The Morgan fingerprint density at radius 1 is 1.35 bits per heavy atom. The summed E-state index contributed by atoms with van der Waals surface area (Å²) >= 11 is 1.52. The van der Waals surface area contributed by atoms with Crippen LogP contribution in [-0.2, 0) is 16.0 Å². The molecule has 2 aromatic rings. The van der Waals surface area contributed by atoms with Crippen LogP contribution >= 0.6 is 11.3 Å². The minimum atomic E-state index is -0.0554. The lowest BCUT2D eigenvalue weighted by molar-refractivity contribution is -0.138. The first kappa shape index (κ1) is 18.9. The smallest absolute Gasteiger partial charge is 0.261 e. The van der Waals surface area contributed by atoms with Crippen molar-refractivity contribution in [3.8, 4) is 0 Å². The van der Waals surface area contributed by atoms with E-state index in [1.807, 2.05) is 36.9 Å². The summed E-state index contributed by atoms with van der Waals surface area (Å²) in [6, 6.07) is 8.23.